The molecule has 2 saturated carbocycles. The molecule has 226 valence electrons. The predicted octanol–water partition coefficient (Wildman–Crippen LogP) is 6.48. The number of carboxylic acids is 1. The minimum atomic E-state index is -0.966. The van der Waals surface area contributed by atoms with Gasteiger partial charge in [-0.15, -0.1) is 5.10 Å². The van der Waals surface area contributed by atoms with E-state index in [0.717, 1.165) is 62.1 Å². The first-order valence-electron chi connectivity index (χ1n) is 16.0. The lowest BCUT2D eigenvalue weighted by molar-refractivity contribution is -0.135. The molecule has 1 aromatic carbocycles. The van der Waals surface area contributed by atoms with E-state index in [2.05, 4.69) is 53.8 Å². The Bertz CT molecular complexity index is 1500. The van der Waals surface area contributed by atoms with Crippen LogP contribution in [0.4, 0.5) is 0 Å². The second-order valence-corrected chi connectivity index (χ2v) is 12.7. The molecule has 3 aromatic rings. The molecule has 0 spiro atoms. The summed E-state index contributed by atoms with van der Waals surface area (Å²) in [7, 11) is 0. The van der Waals surface area contributed by atoms with Gasteiger partial charge in [-0.05, 0) is 62.2 Å². The third kappa shape index (κ3) is 5.60. The Morgan fingerprint density at radius 3 is 2.65 bits per heavy atom. The highest BCUT2D eigenvalue weighted by molar-refractivity contribution is 5.89. The van der Waals surface area contributed by atoms with Crippen molar-refractivity contribution in [1.82, 2.24) is 24.8 Å². The monoisotopic (exact) mass is 583 g/mol. The summed E-state index contributed by atoms with van der Waals surface area (Å²) in [4.78, 5) is 12.6. The van der Waals surface area contributed by atoms with Gasteiger partial charge in [0.1, 0.15) is 5.56 Å². The molecule has 1 saturated heterocycles. The maximum absolute atomic E-state index is 12.6. The number of hydrogen-bond acceptors (Lipinski definition) is 6. The molecular weight excluding hydrogens is 542 g/mol. The highest BCUT2D eigenvalue weighted by Gasteiger charge is 2.49. The molecule has 2 aromatic heterocycles. The van der Waals surface area contributed by atoms with E-state index in [1.807, 2.05) is 27.6 Å². The molecular formula is C34H41N5O4. The third-order valence-electron chi connectivity index (χ3n) is 9.96. The Kier molecular flexibility index (Phi) is 7.78. The van der Waals surface area contributed by atoms with E-state index < -0.39 is 11.7 Å². The van der Waals surface area contributed by atoms with Crippen molar-refractivity contribution >= 4 is 11.5 Å². The minimum absolute atomic E-state index is 0.000210. The van der Waals surface area contributed by atoms with Crippen molar-refractivity contribution in [3.05, 3.63) is 83.5 Å². The molecule has 3 heterocycles. The average molecular weight is 584 g/mol. The number of allylic oxidation sites excluding steroid dienone is 2. The molecule has 9 heteroatoms. The molecule has 3 fully saturated rings. The number of rotatable bonds is 9. The molecule has 1 aliphatic heterocycles. The molecule has 0 amide bonds. The standard InChI is InChI=1S/C34H41N5O4/c1-23(24-9-4-2-5-10-24)43-34(16-8-13-26(20-34)25-11-6-3-7-12-25)39-32(30(21-35-39)33(40)41)29-19-28(29)31-22-38(37-36-31)27-14-17-42-18-15-27/h3,6-8,11-13,16,21-24,27-29H,2,4-5,9-10,14-15,17-20H2,1H3,(H,40,41)/t23-,28-,29-,34?/m0/s1. The Hall–Kier alpha value is -3.56. The van der Waals surface area contributed by atoms with Gasteiger partial charge in [0.05, 0.1) is 29.7 Å². The van der Waals surface area contributed by atoms with Crippen molar-refractivity contribution in [2.45, 2.75) is 94.4 Å². The van der Waals surface area contributed by atoms with Crippen LogP contribution in [0.2, 0.25) is 0 Å². The van der Waals surface area contributed by atoms with Crippen LogP contribution in [0.3, 0.4) is 0 Å². The summed E-state index contributed by atoms with van der Waals surface area (Å²) in [6.45, 7) is 3.66. The van der Waals surface area contributed by atoms with Gasteiger partial charge in [0.2, 0.25) is 0 Å². The molecule has 1 N–H and O–H groups in total. The first kappa shape index (κ1) is 28.2. The Labute approximate surface area is 252 Å². The zero-order valence-corrected chi connectivity index (χ0v) is 24.8. The van der Waals surface area contributed by atoms with Gasteiger partial charge < -0.3 is 14.6 Å². The molecule has 7 rings (SSSR count). The van der Waals surface area contributed by atoms with Crippen LogP contribution in [0, 0.1) is 5.92 Å². The first-order chi connectivity index (χ1) is 21.0. The highest BCUT2D eigenvalue weighted by atomic mass is 16.5. The lowest BCUT2D eigenvalue weighted by Crippen LogP contribution is -2.43. The molecule has 3 aliphatic carbocycles. The van der Waals surface area contributed by atoms with Gasteiger partial charge in [-0.25, -0.2) is 14.2 Å². The Balaban J connectivity index is 1.24. The second kappa shape index (κ2) is 11.8. The van der Waals surface area contributed by atoms with Gasteiger partial charge in [-0.3, -0.25) is 0 Å². The normalized spacial score (nSPS) is 27.1. The number of carbonyl (C=O) groups is 1. The van der Waals surface area contributed by atoms with Crippen molar-refractivity contribution in [3.63, 3.8) is 0 Å². The molecule has 1 unspecified atom stereocenters. The second-order valence-electron chi connectivity index (χ2n) is 12.7. The zero-order chi connectivity index (χ0) is 29.4. The van der Waals surface area contributed by atoms with Gasteiger partial charge >= 0.3 is 5.97 Å². The number of aromatic nitrogens is 5. The van der Waals surface area contributed by atoms with Crippen molar-refractivity contribution in [2.75, 3.05) is 13.2 Å². The van der Waals surface area contributed by atoms with Crippen molar-refractivity contribution < 1.29 is 19.4 Å². The quantitative estimate of drug-likeness (QED) is 0.308. The fourth-order valence-electron chi connectivity index (χ4n) is 7.45. The van der Waals surface area contributed by atoms with E-state index in [1.54, 1.807) is 0 Å². The highest BCUT2D eigenvalue weighted by Crippen LogP contribution is 2.56. The van der Waals surface area contributed by atoms with Crippen LogP contribution in [0.25, 0.3) is 5.57 Å². The maximum Gasteiger partial charge on any atom is 0.339 e. The van der Waals surface area contributed by atoms with E-state index in [-0.39, 0.29) is 23.5 Å². The number of ether oxygens (including phenoxy) is 2. The van der Waals surface area contributed by atoms with Crippen LogP contribution in [0.15, 0.2) is 61.0 Å². The van der Waals surface area contributed by atoms with Crippen LogP contribution in [0.5, 0.6) is 0 Å². The van der Waals surface area contributed by atoms with Crippen LogP contribution < -0.4 is 0 Å². The average Bonchev–Trinajstić information content (AvgIpc) is 3.45. The summed E-state index contributed by atoms with van der Waals surface area (Å²) in [6, 6.07) is 10.6. The lowest BCUT2D eigenvalue weighted by atomic mass is 9.85. The van der Waals surface area contributed by atoms with Gasteiger partial charge in [0.25, 0.3) is 0 Å². The van der Waals surface area contributed by atoms with Gasteiger partial charge in [-0.1, -0.05) is 67.0 Å². The topological polar surface area (TPSA) is 104 Å². The van der Waals surface area contributed by atoms with Crippen molar-refractivity contribution in [3.8, 4) is 0 Å². The SMILES string of the molecule is C[C@H](OC1(n2ncc(C(=O)O)c2[C@H]2C[C@@H]2c2cn(C3CCOCC3)nn2)C=CC=C(c2ccccc2)C1)C1CCCCC1. The largest absolute Gasteiger partial charge is 0.478 e. The molecule has 0 bridgehead atoms. The summed E-state index contributed by atoms with van der Waals surface area (Å²) in [5.41, 5.74) is 3.20. The van der Waals surface area contributed by atoms with Gasteiger partial charge in [0.15, 0.2) is 5.72 Å². The van der Waals surface area contributed by atoms with E-state index >= 15 is 0 Å². The number of aromatic carboxylic acids is 1. The van der Waals surface area contributed by atoms with E-state index in [0.29, 0.717) is 24.1 Å². The van der Waals surface area contributed by atoms with E-state index in [4.69, 9.17) is 14.6 Å². The zero-order valence-electron chi connectivity index (χ0n) is 24.8. The van der Waals surface area contributed by atoms with E-state index in [9.17, 15) is 9.90 Å². The van der Waals surface area contributed by atoms with Gasteiger partial charge in [0, 0.05) is 37.7 Å². The fraction of sp³-hybridized carbons (Fsp3) is 0.529. The number of nitrogens with zero attached hydrogens (tertiary/aromatic N) is 5. The lowest BCUT2D eigenvalue weighted by Gasteiger charge is -2.40. The van der Waals surface area contributed by atoms with Crippen LogP contribution >= 0.6 is 0 Å². The smallest absolute Gasteiger partial charge is 0.339 e. The summed E-state index contributed by atoms with van der Waals surface area (Å²) >= 11 is 0. The molecule has 43 heavy (non-hydrogen) atoms. The molecule has 0 radical (unpaired) electrons. The van der Waals surface area contributed by atoms with Gasteiger partial charge in [-0.2, -0.15) is 5.10 Å². The molecule has 4 aliphatic rings. The minimum Gasteiger partial charge on any atom is -0.478 e. The molecule has 4 atom stereocenters. The van der Waals surface area contributed by atoms with Crippen LogP contribution in [-0.4, -0.2) is 55.2 Å². The first-order valence-corrected chi connectivity index (χ1v) is 16.0. The van der Waals surface area contributed by atoms with Crippen molar-refractivity contribution in [1.29, 1.82) is 0 Å². The third-order valence-corrected chi connectivity index (χ3v) is 9.96. The number of hydrogen-bond donors (Lipinski definition) is 1. The summed E-state index contributed by atoms with van der Waals surface area (Å²) in [6.07, 6.45) is 19.1. The summed E-state index contributed by atoms with van der Waals surface area (Å²) < 4.78 is 16.5. The fourth-order valence-corrected chi connectivity index (χ4v) is 7.45. The predicted molar refractivity (Wildman–Crippen MR) is 162 cm³/mol. The van der Waals surface area contributed by atoms with E-state index in [1.165, 1.54) is 25.5 Å². The maximum atomic E-state index is 12.6. The summed E-state index contributed by atoms with van der Waals surface area (Å²) in [5.74, 6) is -0.436. The van der Waals surface area contributed by atoms with Crippen LogP contribution in [0.1, 0.15) is 110 Å². The number of benzene rings is 1. The van der Waals surface area contributed by atoms with Crippen LogP contribution in [-0.2, 0) is 15.2 Å². The Morgan fingerprint density at radius 1 is 1.09 bits per heavy atom. The van der Waals surface area contributed by atoms with Crippen molar-refractivity contribution in [2.24, 2.45) is 5.92 Å². The summed E-state index contributed by atoms with van der Waals surface area (Å²) in [5, 5.41) is 24.1. The molecule has 9 nitrogen and oxygen atoms in total. The Morgan fingerprint density at radius 2 is 1.88 bits per heavy atom. The number of carboxylic acid groups (broad SMARTS) is 1.